The molecule has 0 spiro atoms. The normalized spacial score (nSPS) is 10.6. The van der Waals surface area contributed by atoms with Crippen molar-refractivity contribution in [2.75, 3.05) is 12.8 Å². The summed E-state index contributed by atoms with van der Waals surface area (Å²) >= 11 is 0. The Morgan fingerprint density at radius 3 is 3.18 bits per heavy atom. The zero-order chi connectivity index (χ0) is 7.84. The second-order valence-electron chi connectivity index (χ2n) is 2.06. The minimum atomic E-state index is 0.498. The third-order valence-electron chi connectivity index (χ3n) is 1.42. The number of nitrogens with two attached hydrogens (primary N) is 1. The highest BCUT2D eigenvalue weighted by Gasteiger charge is 2.05. The first-order valence-electron chi connectivity index (χ1n) is 3.04. The van der Waals surface area contributed by atoms with E-state index in [4.69, 9.17) is 10.6 Å². The van der Waals surface area contributed by atoms with Crippen LogP contribution in [0.5, 0.6) is 0 Å². The standard InChI is InChI=1S/C5H7N5O/c1-11-10-4(6)2-5-8-7-3-9(5)10/h2-3H,6H2,1H3. The number of hydrogen-bond acceptors (Lipinski definition) is 4. The number of aromatic nitrogens is 4. The van der Waals surface area contributed by atoms with Crippen LogP contribution in [0.25, 0.3) is 5.65 Å². The number of hydrogen-bond donors (Lipinski definition) is 1. The van der Waals surface area contributed by atoms with E-state index < -0.39 is 0 Å². The van der Waals surface area contributed by atoms with E-state index in [1.54, 1.807) is 10.6 Å². The first-order valence-corrected chi connectivity index (χ1v) is 3.04. The van der Waals surface area contributed by atoms with E-state index in [0.29, 0.717) is 11.5 Å². The van der Waals surface area contributed by atoms with Crippen LogP contribution in [0.2, 0.25) is 0 Å². The molecule has 0 unspecified atom stereocenters. The van der Waals surface area contributed by atoms with Gasteiger partial charge in [0.05, 0.1) is 0 Å². The first kappa shape index (κ1) is 6.02. The third-order valence-corrected chi connectivity index (χ3v) is 1.42. The van der Waals surface area contributed by atoms with Crippen LogP contribution in [0, 0.1) is 0 Å². The van der Waals surface area contributed by atoms with E-state index in [1.165, 1.54) is 18.3 Å². The van der Waals surface area contributed by atoms with Crippen molar-refractivity contribution in [2.24, 2.45) is 0 Å². The summed E-state index contributed by atoms with van der Waals surface area (Å²) in [5.74, 6) is 0.498. The molecule has 11 heavy (non-hydrogen) atoms. The maximum absolute atomic E-state index is 5.56. The summed E-state index contributed by atoms with van der Waals surface area (Å²) in [6.07, 6.45) is 1.52. The summed E-state index contributed by atoms with van der Waals surface area (Å²) in [4.78, 5) is 6.33. The fourth-order valence-corrected chi connectivity index (χ4v) is 0.979. The Hall–Kier alpha value is -1.72. The molecule has 6 heteroatoms. The van der Waals surface area contributed by atoms with Gasteiger partial charge >= 0.3 is 0 Å². The topological polar surface area (TPSA) is 70.4 Å². The molecule has 0 radical (unpaired) electrons. The Morgan fingerprint density at radius 2 is 2.45 bits per heavy atom. The molecule has 0 aromatic carbocycles. The molecule has 0 atom stereocenters. The molecule has 2 aromatic heterocycles. The van der Waals surface area contributed by atoms with Crippen LogP contribution in [0.4, 0.5) is 5.82 Å². The summed E-state index contributed by atoms with van der Waals surface area (Å²) < 4.78 is 1.61. The van der Waals surface area contributed by atoms with Gasteiger partial charge in [-0.25, -0.2) is 0 Å². The van der Waals surface area contributed by atoms with Crippen LogP contribution in [0.3, 0.4) is 0 Å². The van der Waals surface area contributed by atoms with Gasteiger partial charge in [0.25, 0.3) is 0 Å². The number of anilines is 1. The Labute approximate surface area is 62.1 Å². The monoisotopic (exact) mass is 153 g/mol. The predicted molar refractivity (Wildman–Crippen MR) is 37.9 cm³/mol. The first-order chi connectivity index (χ1) is 5.33. The second kappa shape index (κ2) is 1.88. The molecule has 0 saturated heterocycles. The van der Waals surface area contributed by atoms with Gasteiger partial charge in [-0.05, 0) is 0 Å². The molecule has 2 N–H and O–H groups in total. The van der Waals surface area contributed by atoms with Crippen LogP contribution < -0.4 is 10.6 Å². The molecule has 2 aromatic rings. The highest BCUT2D eigenvalue weighted by Crippen LogP contribution is 2.06. The summed E-state index contributed by atoms with van der Waals surface area (Å²) in [6.45, 7) is 0. The Bertz CT molecular complexity index is 375. The van der Waals surface area contributed by atoms with Crippen LogP contribution in [0.15, 0.2) is 12.4 Å². The van der Waals surface area contributed by atoms with Gasteiger partial charge in [-0.3, -0.25) is 0 Å². The molecule has 0 aliphatic carbocycles. The smallest absolute Gasteiger partial charge is 0.182 e. The van der Waals surface area contributed by atoms with Crippen molar-refractivity contribution in [3.05, 3.63) is 12.4 Å². The van der Waals surface area contributed by atoms with Gasteiger partial charge in [-0.1, -0.05) is 4.85 Å². The maximum atomic E-state index is 5.56. The average Bonchev–Trinajstić information content (AvgIpc) is 2.46. The van der Waals surface area contributed by atoms with Crippen molar-refractivity contribution in [2.45, 2.75) is 0 Å². The lowest BCUT2D eigenvalue weighted by molar-refractivity contribution is 0.129. The zero-order valence-electron chi connectivity index (χ0n) is 5.93. The molecule has 6 nitrogen and oxygen atoms in total. The summed E-state index contributed by atoms with van der Waals surface area (Å²) in [6, 6.07) is 1.68. The largest absolute Gasteiger partial charge is 0.399 e. The fraction of sp³-hybridized carbons (Fsp3) is 0.200. The van der Waals surface area contributed by atoms with Gasteiger partial charge < -0.3 is 10.6 Å². The summed E-state index contributed by atoms with van der Waals surface area (Å²) in [5.41, 5.74) is 6.23. The van der Waals surface area contributed by atoms with Crippen LogP contribution in [-0.4, -0.2) is 26.7 Å². The number of nitrogen functional groups attached to an aromatic ring is 1. The lowest BCUT2D eigenvalue weighted by atomic mass is 10.6. The van der Waals surface area contributed by atoms with E-state index in [1.807, 2.05) is 0 Å². The van der Waals surface area contributed by atoms with E-state index in [-0.39, 0.29) is 0 Å². The van der Waals surface area contributed by atoms with Crippen molar-refractivity contribution < 1.29 is 4.84 Å². The lowest BCUT2D eigenvalue weighted by Gasteiger charge is -2.01. The van der Waals surface area contributed by atoms with Crippen molar-refractivity contribution in [1.82, 2.24) is 19.6 Å². The molecule has 0 bridgehead atoms. The molecule has 2 rings (SSSR count). The van der Waals surface area contributed by atoms with Crippen LogP contribution in [-0.2, 0) is 0 Å². The minimum absolute atomic E-state index is 0.498. The van der Waals surface area contributed by atoms with Crippen molar-refractivity contribution in [3.63, 3.8) is 0 Å². The quantitative estimate of drug-likeness (QED) is 0.580. The van der Waals surface area contributed by atoms with Crippen LogP contribution in [0.1, 0.15) is 0 Å². The fourth-order valence-electron chi connectivity index (χ4n) is 0.979. The molecule has 2 heterocycles. The minimum Gasteiger partial charge on any atom is -0.399 e. The molecule has 0 aliphatic heterocycles. The Morgan fingerprint density at radius 1 is 1.64 bits per heavy atom. The van der Waals surface area contributed by atoms with Gasteiger partial charge in [0.2, 0.25) is 0 Å². The SMILES string of the molecule is COn1c(N)cc2nncn21. The molecule has 0 saturated carbocycles. The predicted octanol–water partition coefficient (Wildman–Crippen LogP) is -0.829. The summed E-state index contributed by atoms with van der Waals surface area (Å²) in [7, 11) is 1.52. The molecular formula is C5H7N5O. The van der Waals surface area contributed by atoms with Gasteiger partial charge in [-0.15, -0.1) is 10.2 Å². The van der Waals surface area contributed by atoms with Crippen molar-refractivity contribution >= 4 is 11.5 Å². The van der Waals surface area contributed by atoms with Gasteiger partial charge in [0, 0.05) is 6.07 Å². The van der Waals surface area contributed by atoms with Crippen LogP contribution >= 0.6 is 0 Å². The second-order valence-corrected chi connectivity index (χ2v) is 2.06. The van der Waals surface area contributed by atoms with Gasteiger partial charge in [-0.2, -0.15) is 4.52 Å². The molecule has 58 valence electrons. The lowest BCUT2D eigenvalue weighted by Crippen LogP contribution is -2.14. The van der Waals surface area contributed by atoms with Crippen molar-refractivity contribution in [1.29, 1.82) is 0 Å². The van der Waals surface area contributed by atoms with Crippen molar-refractivity contribution in [3.8, 4) is 0 Å². The van der Waals surface area contributed by atoms with Gasteiger partial charge in [0.1, 0.15) is 13.4 Å². The number of nitrogens with zero attached hydrogens (tertiary/aromatic N) is 4. The Balaban J connectivity index is 2.80. The Kier molecular flexibility index (Phi) is 1.03. The zero-order valence-corrected chi connectivity index (χ0v) is 5.93. The third kappa shape index (κ3) is 0.658. The average molecular weight is 153 g/mol. The van der Waals surface area contributed by atoms with E-state index in [2.05, 4.69) is 10.2 Å². The summed E-state index contributed by atoms with van der Waals surface area (Å²) in [5, 5.41) is 7.45. The van der Waals surface area contributed by atoms with Gasteiger partial charge in [0.15, 0.2) is 11.5 Å². The molecule has 0 amide bonds. The molecule has 0 aliphatic rings. The van der Waals surface area contributed by atoms with E-state index in [9.17, 15) is 0 Å². The highest BCUT2D eigenvalue weighted by molar-refractivity contribution is 5.47. The van der Waals surface area contributed by atoms with E-state index >= 15 is 0 Å². The van der Waals surface area contributed by atoms with E-state index in [0.717, 1.165) is 0 Å². The molecule has 0 fully saturated rings. The highest BCUT2D eigenvalue weighted by atomic mass is 16.7. The number of rotatable bonds is 1. The number of fused-ring (bicyclic) bond motifs is 1. The molecular weight excluding hydrogens is 146 g/mol. The maximum Gasteiger partial charge on any atom is 0.182 e.